The minimum absolute atomic E-state index is 0.194. The van der Waals surface area contributed by atoms with Gasteiger partial charge < -0.3 is 14.6 Å². The summed E-state index contributed by atoms with van der Waals surface area (Å²) in [6.45, 7) is 3.44. The molecule has 1 fully saturated rings. The number of nitrogens with zero attached hydrogens (tertiary/aromatic N) is 2. The summed E-state index contributed by atoms with van der Waals surface area (Å²) in [5.41, 5.74) is 1.11. The first-order valence-electron chi connectivity index (χ1n) is 8.08. The Morgan fingerprint density at radius 3 is 2.62 bits per heavy atom. The van der Waals surface area contributed by atoms with Crippen molar-refractivity contribution < 1.29 is 13.2 Å². The zero-order valence-corrected chi connectivity index (χ0v) is 14.2. The molecule has 1 aliphatic rings. The Morgan fingerprint density at radius 2 is 1.92 bits per heavy atom. The summed E-state index contributed by atoms with van der Waals surface area (Å²) in [5, 5.41) is 3.28. The fourth-order valence-electron chi connectivity index (χ4n) is 2.72. The van der Waals surface area contributed by atoms with Crippen molar-refractivity contribution in [2.24, 2.45) is 0 Å². The third-order valence-corrected chi connectivity index (χ3v) is 4.64. The van der Waals surface area contributed by atoms with Crippen molar-refractivity contribution in [1.82, 2.24) is 10.3 Å². The third kappa shape index (κ3) is 4.95. The van der Waals surface area contributed by atoms with E-state index in [2.05, 4.69) is 27.3 Å². The zero-order chi connectivity index (χ0) is 16.8. The molecule has 0 unspecified atom stereocenters. The minimum Gasteiger partial charge on any atom is -0.464 e. The second kappa shape index (κ2) is 8.48. The van der Waals surface area contributed by atoms with Crippen LogP contribution in [0, 0.1) is 0 Å². The van der Waals surface area contributed by atoms with Gasteiger partial charge in [0, 0.05) is 25.8 Å². The smallest absolute Gasteiger partial charge is 0.284 e. The Morgan fingerprint density at radius 1 is 1.12 bits per heavy atom. The predicted octanol–water partition coefficient (Wildman–Crippen LogP) is 4.02. The summed E-state index contributed by atoms with van der Waals surface area (Å²) in [7, 11) is 0. The highest BCUT2D eigenvalue weighted by Gasteiger charge is 2.13. The van der Waals surface area contributed by atoms with Crippen LogP contribution in [0.25, 0.3) is 0 Å². The number of pyridine rings is 1. The van der Waals surface area contributed by atoms with Crippen molar-refractivity contribution in [1.29, 1.82) is 0 Å². The number of hydrogen-bond acceptors (Lipinski definition) is 5. The first-order chi connectivity index (χ1) is 11.7. The van der Waals surface area contributed by atoms with Crippen LogP contribution in [0.15, 0.2) is 34.9 Å². The number of furan rings is 1. The van der Waals surface area contributed by atoms with E-state index < -0.39 is 5.76 Å². The van der Waals surface area contributed by atoms with Crippen molar-refractivity contribution >= 4 is 17.6 Å². The maximum atomic E-state index is 12.1. The molecule has 0 aliphatic carbocycles. The van der Waals surface area contributed by atoms with Gasteiger partial charge in [0.05, 0.1) is 12.3 Å². The summed E-state index contributed by atoms with van der Waals surface area (Å²) in [6.07, 6.45) is 4.38. The van der Waals surface area contributed by atoms with Crippen molar-refractivity contribution in [3.05, 3.63) is 47.5 Å². The van der Waals surface area contributed by atoms with E-state index in [1.807, 2.05) is 12.3 Å². The van der Waals surface area contributed by atoms with Crippen LogP contribution in [0.3, 0.4) is 0 Å². The highest BCUT2D eigenvalue weighted by molar-refractivity contribution is 7.98. The summed E-state index contributed by atoms with van der Waals surface area (Å²) in [5.74, 6) is 0.200. The molecule has 2 aromatic heterocycles. The number of alkyl halides is 2. The summed E-state index contributed by atoms with van der Waals surface area (Å²) in [6, 6.07) is 7.72. The highest BCUT2D eigenvalue weighted by Crippen LogP contribution is 2.21. The molecule has 2 aromatic rings. The molecule has 4 nitrogen and oxygen atoms in total. The maximum absolute atomic E-state index is 12.1. The number of hydrogen-bond donors (Lipinski definition) is 1. The van der Waals surface area contributed by atoms with Gasteiger partial charge in [0.25, 0.3) is 5.76 Å². The molecule has 130 valence electrons. The number of aromatic nitrogens is 1. The molecule has 0 atom stereocenters. The average Bonchev–Trinajstić information content (AvgIpc) is 3.25. The Bertz CT molecular complexity index is 627. The van der Waals surface area contributed by atoms with Crippen LogP contribution in [0.1, 0.15) is 29.9 Å². The van der Waals surface area contributed by atoms with Crippen LogP contribution >= 0.6 is 11.8 Å². The van der Waals surface area contributed by atoms with Crippen LogP contribution < -0.4 is 10.2 Å². The molecule has 0 amide bonds. The first-order valence-corrected chi connectivity index (χ1v) is 9.13. The normalized spacial score (nSPS) is 14.7. The fourth-order valence-corrected chi connectivity index (χ4v) is 3.17. The van der Waals surface area contributed by atoms with E-state index >= 15 is 0 Å². The van der Waals surface area contributed by atoms with Gasteiger partial charge in [0.2, 0.25) is 0 Å². The quantitative estimate of drug-likeness (QED) is 0.776. The summed E-state index contributed by atoms with van der Waals surface area (Å²) in [4.78, 5) is 6.82. The van der Waals surface area contributed by atoms with E-state index in [-0.39, 0.29) is 5.75 Å². The Kier molecular flexibility index (Phi) is 6.09. The second-order valence-corrected chi connectivity index (χ2v) is 6.74. The van der Waals surface area contributed by atoms with Crippen molar-refractivity contribution in [2.45, 2.75) is 37.4 Å². The topological polar surface area (TPSA) is 41.3 Å². The first kappa shape index (κ1) is 17.2. The van der Waals surface area contributed by atoms with Gasteiger partial charge in [0.1, 0.15) is 17.3 Å². The molecular formula is C17H21F2N3OS. The molecule has 3 heterocycles. The predicted molar refractivity (Wildman–Crippen MR) is 92.2 cm³/mol. The van der Waals surface area contributed by atoms with Crippen LogP contribution in [0.5, 0.6) is 0 Å². The van der Waals surface area contributed by atoms with Crippen molar-refractivity contribution in [3.8, 4) is 0 Å². The lowest BCUT2D eigenvalue weighted by atomic mass is 10.2. The molecule has 0 aromatic carbocycles. The second-order valence-electron chi connectivity index (χ2n) is 5.76. The third-order valence-electron chi connectivity index (χ3n) is 3.94. The lowest BCUT2D eigenvalue weighted by Gasteiger charge is -2.16. The molecule has 24 heavy (non-hydrogen) atoms. The molecule has 7 heteroatoms. The SMILES string of the molecule is FC(F)SCc1ccc(CNCc2ccc(N3CCCC3)nc2)o1. The zero-order valence-electron chi connectivity index (χ0n) is 13.4. The molecule has 1 saturated heterocycles. The number of thioether (sulfide) groups is 1. The van der Waals surface area contributed by atoms with E-state index in [4.69, 9.17) is 4.42 Å². The van der Waals surface area contributed by atoms with E-state index in [1.54, 1.807) is 6.07 Å². The summed E-state index contributed by atoms with van der Waals surface area (Å²) < 4.78 is 29.8. The number of rotatable bonds is 8. The van der Waals surface area contributed by atoms with Gasteiger partial charge in [-0.1, -0.05) is 17.8 Å². The molecule has 1 N–H and O–H groups in total. The lowest BCUT2D eigenvalue weighted by Crippen LogP contribution is -2.19. The van der Waals surface area contributed by atoms with E-state index in [1.165, 1.54) is 12.8 Å². The molecule has 0 bridgehead atoms. The van der Waals surface area contributed by atoms with Crippen molar-refractivity contribution in [2.75, 3.05) is 18.0 Å². The standard InChI is InChI=1S/C17H21F2N3OS/c18-17(19)24-12-15-5-4-14(23-15)11-20-9-13-3-6-16(21-10-13)22-7-1-2-8-22/h3-6,10,17,20H,1-2,7-9,11-12H2. The van der Waals surface area contributed by atoms with Gasteiger partial charge in [-0.25, -0.2) is 4.98 Å². The molecule has 0 radical (unpaired) electrons. The number of nitrogens with one attached hydrogen (secondary N) is 1. The fraction of sp³-hybridized carbons (Fsp3) is 0.471. The van der Waals surface area contributed by atoms with E-state index in [0.29, 0.717) is 30.6 Å². The van der Waals surface area contributed by atoms with E-state index in [0.717, 1.165) is 30.2 Å². The molecular weight excluding hydrogens is 332 g/mol. The Hall–Kier alpha value is -1.60. The van der Waals surface area contributed by atoms with Gasteiger partial charge in [0.15, 0.2) is 0 Å². The highest BCUT2D eigenvalue weighted by atomic mass is 32.2. The maximum Gasteiger partial charge on any atom is 0.284 e. The summed E-state index contributed by atoms with van der Waals surface area (Å²) >= 11 is 0.570. The van der Waals surface area contributed by atoms with Crippen LogP contribution in [-0.4, -0.2) is 23.8 Å². The van der Waals surface area contributed by atoms with Gasteiger partial charge in [-0.05, 0) is 36.6 Å². The van der Waals surface area contributed by atoms with Gasteiger partial charge in [-0.3, -0.25) is 0 Å². The lowest BCUT2D eigenvalue weighted by molar-refractivity contribution is 0.251. The molecule has 0 saturated carbocycles. The van der Waals surface area contributed by atoms with Gasteiger partial charge in [-0.15, -0.1) is 0 Å². The number of anilines is 1. The number of halogens is 2. The van der Waals surface area contributed by atoms with Crippen molar-refractivity contribution in [3.63, 3.8) is 0 Å². The average molecular weight is 353 g/mol. The van der Waals surface area contributed by atoms with Crippen LogP contribution in [0.2, 0.25) is 0 Å². The Balaban J connectivity index is 1.42. The molecule has 1 aliphatic heterocycles. The van der Waals surface area contributed by atoms with Gasteiger partial charge in [-0.2, -0.15) is 8.78 Å². The monoisotopic (exact) mass is 353 g/mol. The largest absolute Gasteiger partial charge is 0.464 e. The van der Waals surface area contributed by atoms with Crippen LogP contribution in [0.4, 0.5) is 14.6 Å². The molecule has 0 spiro atoms. The van der Waals surface area contributed by atoms with Gasteiger partial charge >= 0.3 is 0 Å². The van der Waals surface area contributed by atoms with Crippen LogP contribution in [-0.2, 0) is 18.8 Å². The Labute approximate surface area is 144 Å². The molecule has 3 rings (SSSR count). The van der Waals surface area contributed by atoms with E-state index in [9.17, 15) is 8.78 Å². The minimum atomic E-state index is -2.37.